The number of hydrogen-bond donors (Lipinski definition) is 1. The molecule has 4 rings (SSSR count). The number of rotatable bonds is 5. The molecule has 2 aromatic carbocycles. The predicted molar refractivity (Wildman–Crippen MR) is 101 cm³/mol. The van der Waals surface area contributed by atoms with Crippen molar-refractivity contribution in [3.63, 3.8) is 0 Å². The van der Waals surface area contributed by atoms with E-state index in [9.17, 15) is 5.11 Å². The topological polar surface area (TPSA) is 62.4 Å². The molecule has 0 amide bonds. The van der Waals surface area contributed by atoms with E-state index in [1.54, 1.807) is 0 Å². The summed E-state index contributed by atoms with van der Waals surface area (Å²) in [5.74, 6) is 0.926. The van der Waals surface area contributed by atoms with Gasteiger partial charge in [0, 0.05) is 18.7 Å². The monoisotopic (exact) mass is 349 g/mol. The fourth-order valence-electron chi connectivity index (χ4n) is 3.55. The first kappa shape index (κ1) is 16.8. The third-order valence-electron chi connectivity index (χ3n) is 5.09. The molecule has 0 aliphatic carbocycles. The van der Waals surface area contributed by atoms with Crippen LogP contribution in [0.5, 0.6) is 0 Å². The predicted octanol–water partition coefficient (Wildman–Crippen LogP) is 3.56. The summed E-state index contributed by atoms with van der Waals surface area (Å²) in [5.41, 5.74) is 2.14. The Hall–Kier alpha value is -2.66. The highest BCUT2D eigenvalue weighted by Crippen LogP contribution is 2.27. The highest BCUT2D eigenvalue weighted by atomic mass is 16.5. The van der Waals surface area contributed by atoms with Gasteiger partial charge in [0.15, 0.2) is 0 Å². The first-order valence-corrected chi connectivity index (χ1v) is 9.15. The van der Waals surface area contributed by atoms with E-state index in [2.05, 4.69) is 27.2 Å². The van der Waals surface area contributed by atoms with Gasteiger partial charge >= 0.3 is 6.01 Å². The number of piperidine rings is 1. The van der Waals surface area contributed by atoms with Crippen molar-refractivity contribution in [2.24, 2.45) is 5.92 Å². The van der Waals surface area contributed by atoms with Crippen molar-refractivity contribution in [3.8, 4) is 11.4 Å². The van der Waals surface area contributed by atoms with Gasteiger partial charge in [-0.25, -0.2) is 0 Å². The number of hydrogen-bond acceptors (Lipinski definition) is 5. The van der Waals surface area contributed by atoms with Crippen molar-refractivity contribution < 1.29 is 9.63 Å². The molecule has 0 unspecified atom stereocenters. The summed E-state index contributed by atoms with van der Waals surface area (Å²) in [7, 11) is 0. The molecule has 0 spiro atoms. The molecule has 3 aromatic rings. The van der Waals surface area contributed by atoms with Gasteiger partial charge in [-0.1, -0.05) is 65.8 Å². The molecule has 1 aromatic heterocycles. The van der Waals surface area contributed by atoms with Gasteiger partial charge in [-0.15, -0.1) is 0 Å². The van der Waals surface area contributed by atoms with E-state index in [0.717, 1.165) is 31.5 Å². The quantitative estimate of drug-likeness (QED) is 0.763. The maximum absolute atomic E-state index is 10.6. The van der Waals surface area contributed by atoms with Crippen molar-refractivity contribution in [2.45, 2.75) is 25.4 Å². The lowest BCUT2D eigenvalue weighted by atomic mass is 9.88. The molecular formula is C21H23N3O2. The van der Waals surface area contributed by atoms with E-state index >= 15 is 0 Å². The molecule has 2 heterocycles. The summed E-state index contributed by atoms with van der Waals surface area (Å²) in [5, 5.41) is 14.7. The average molecular weight is 349 g/mol. The smallest absolute Gasteiger partial charge is 0.324 e. The van der Waals surface area contributed by atoms with Crippen LogP contribution in [0.1, 0.15) is 18.4 Å². The number of aliphatic hydroxyl groups is 1. The van der Waals surface area contributed by atoms with Crippen LogP contribution in [0.25, 0.3) is 11.4 Å². The van der Waals surface area contributed by atoms with Crippen LogP contribution in [0.4, 0.5) is 6.01 Å². The molecule has 1 atom stereocenters. The molecule has 1 aliphatic rings. The average Bonchev–Trinajstić information content (AvgIpc) is 3.20. The Morgan fingerprint density at radius 2 is 1.65 bits per heavy atom. The van der Waals surface area contributed by atoms with Gasteiger partial charge in [-0.05, 0) is 30.7 Å². The lowest BCUT2D eigenvalue weighted by Gasteiger charge is -2.33. The molecule has 5 nitrogen and oxygen atoms in total. The number of anilines is 1. The molecule has 0 saturated carbocycles. The Balaban J connectivity index is 1.34. The third kappa shape index (κ3) is 3.78. The van der Waals surface area contributed by atoms with Gasteiger partial charge in [-0.2, -0.15) is 4.98 Å². The van der Waals surface area contributed by atoms with E-state index < -0.39 is 0 Å². The molecule has 1 saturated heterocycles. The van der Waals surface area contributed by atoms with Crippen molar-refractivity contribution in [2.75, 3.05) is 18.0 Å². The Bertz CT molecular complexity index is 812. The zero-order chi connectivity index (χ0) is 17.8. The zero-order valence-electron chi connectivity index (χ0n) is 14.7. The zero-order valence-corrected chi connectivity index (χ0v) is 14.7. The van der Waals surface area contributed by atoms with E-state index in [1.807, 2.05) is 48.5 Å². The van der Waals surface area contributed by atoms with E-state index in [-0.39, 0.29) is 6.10 Å². The Kier molecular flexibility index (Phi) is 4.97. The third-order valence-corrected chi connectivity index (χ3v) is 5.09. The molecule has 0 bridgehead atoms. The summed E-state index contributed by atoms with van der Waals surface area (Å²) in [6.45, 7) is 1.65. The van der Waals surface area contributed by atoms with Crippen molar-refractivity contribution >= 4 is 6.01 Å². The largest absolute Gasteiger partial charge is 0.392 e. The Labute approximate surface area is 153 Å². The molecule has 0 radical (unpaired) electrons. The SMILES string of the molecule is O[C@H](Cc1ccccc1)C1CCN(c2nc(-c3ccccc3)no2)CC1. The number of benzene rings is 2. The van der Waals surface area contributed by atoms with E-state index in [1.165, 1.54) is 5.56 Å². The summed E-state index contributed by atoms with van der Waals surface area (Å²) >= 11 is 0. The second-order valence-electron chi connectivity index (χ2n) is 6.85. The highest BCUT2D eigenvalue weighted by molar-refractivity contribution is 5.55. The van der Waals surface area contributed by atoms with Gasteiger partial charge < -0.3 is 14.5 Å². The minimum Gasteiger partial charge on any atom is -0.392 e. The van der Waals surface area contributed by atoms with Gasteiger partial charge in [0.1, 0.15) is 0 Å². The fraction of sp³-hybridized carbons (Fsp3) is 0.333. The Morgan fingerprint density at radius 3 is 2.35 bits per heavy atom. The van der Waals surface area contributed by atoms with Crippen molar-refractivity contribution in [1.82, 2.24) is 10.1 Å². The molecule has 1 fully saturated rings. The van der Waals surface area contributed by atoms with Crippen LogP contribution in [0.2, 0.25) is 0 Å². The molecule has 26 heavy (non-hydrogen) atoms. The second kappa shape index (κ2) is 7.70. The molecule has 5 heteroatoms. The van der Waals surface area contributed by atoms with Crippen molar-refractivity contribution in [3.05, 3.63) is 66.2 Å². The lowest BCUT2D eigenvalue weighted by Crippen LogP contribution is -2.38. The highest BCUT2D eigenvalue weighted by Gasteiger charge is 2.27. The van der Waals surface area contributed by atoms with Gasteiger partial charge in [0.2, 0.25) is 5.82 Å². The van der Waals surface area contributed by atoms with Crippen LogP contribution < -0.4 is 4.90 Å². The number of nitrogens with zero attached hydrogens (tertiary/aromatic N) is 3. The molecular weight excluding hydrogens is 326 g/mol. The van der Waals surface area contributed by atoms with Crippen LogP contribution in [0.3, 0.4) is 0 Å². The van der Waals surface area contributed by atoms with Crippen LogP contribution in [-0.4, -0.2) is 34.4 Å². The summed E-state index contributed by atoms with van der Waals surface area (Å²) in [6.07, 6.45) is 2.26. The van der Waals surface area contributed by atoms with Crippen LogP contribution >= 0.6 is 0 Å². The number of aromatic nitrogens is 2. The Morgan fingerprint density at radius 1 is 1.00 bits per heavy atom. The molecule has 134 valence electrons. The van der Waals surface area contributed by atoms with Gasteiger partial charge in [0.05, 0.1) is 6.10 Å². The fourth-order valence-corrected chi connectivity index (χ4v) is 3.55. The van der Waals surface area contributed by atoms with Crippen molar-refractivity contribution in [1.29, 1.82) is 0 Å². The first-order valence-electron chi connectivity index (χ1n) is 9.15. The first-order chi connectivity index (χ1) is 12.8. The maximum Gasteiger partial charge on any atom is 0.324 e. The van der Waals surface area contributed by atoms with E-state index in [4.69, 9.17) is 4.52 Å². The molecule has 1 aliphatic heterocycles. The van der Waals surface area contributed by atoms with Gasteiger partial charge in [-0.3, -0.25) is 0 Å². The minimum absolute atomic E-state index is 0.304. The summed E-state index contributed by atoms with van der Waals surface area (Å²) in [6, 6.07) is 20.6. The van der Waals surface area contributed by atoms with E-state index in [0.29, 0.717) is 24.2 Å². The minimum atomic E-state index is -0.304. The van der Waals surface area contributed by atoms with Crippen LogP contribution in [0, 0.1) is 5.92 Å². The maximum atomic E-state index is 10.6. The second-order valence-corrected chi connectivity index (χ2v) is 6.85. The summed E-state index contributed by atoms with van der Waals surface area (Å²) in [4.78, 5) is 6.64. The standard InChI is InChI=1S/C21H23N3O2/c25-19(15-16-7-3-1-4-8-16)17-11-13-24(14-12-17)21-22-20(23-26-21)18-9-5-2-6-10-18/h1-10,17,19,25H,11-15H2/t19-/m1/s1. The number of aliphatic hydroxyl groups excluding tert-OH is 1. The lowest BCUT2D eigenvalue weighted by molar-refractivity contribution is 0.0921. The molecule has 1 N–H and O–H groups in total. The van der Waals surface area contributed by atoms with Crippen LogP contribution in [0.15, 0.2) is 65.2 Å². The van der Waals surface area contributed by atoms with Gasteiger partial charge in [0.25, 0.3) is 0 Å². The summed E-state index contributed by atoms with van der Waals surface area (Å²) < 4.78 is 5.45. The normalized spacial score (nSPS) is 16.6. The van der Waals surface area contributed by atoms with Crippen LogP contribution in [-0.2, 0) is 6.42 Å².